The Bertz CT molecular complexity index is 1140. The van der Waals surface area contributed by atoms with Gasteiger partial charge in [0.1, 0.15) is 5.82 Å². The molecule has 164 valence electrons. The molecule has 2 N–H and O–H groups in total. The summed E-state index contributed by atoms with van der Waals surface area (Å²) in [5.74, 6) is 1.56. The maximum atomic E-state index is 12.4. The molecule has 0 spiro atoms. The van der Waals surface area contributed by atoms with Crippen molar-refractivity contribution in [3.8, 4) is 11.6 Å². The normalized spacial score (nSPS) is 16.1. The van der Waals surface area contributed by atoms with E-state index >= 15 is 0 Å². The van der Waals surface area contributed by atoms with Gasteiger partial charge in [0.05, 0.1) is 5.25 Å². The number of nitrogens with two attached hydrogens (primary N) is 1. The van der Waals surface area contributed by atoms with Crippen molar-refractivity contribution in [1.82, 2.24) is 29.4 Å². The van der Waals surface area contributed by atoms with Crippen molar-refractivity contribution < 1.29 is 12.9 Å². The minimum absolute atomic E-state index is 0.0113. The number of nitrogen functional groups attached to an aromatic ring is 1. The summed E-state index contributed by atoms with van der Waals surface area (Å²) in [6.45, 7) is 4.25. The van der Waals surface area contributed by atoms with E-state index in [4.69, 9.17) is 10.3 Å². The Morgan fingerprint density at radius 3 is 2.45 bits per heavy atom. The van der Waals surface area contributed by atoms with Gasteiger partial charge in [-0.15, -0.1) is 0 Å². The first-order chi connectivity index (χ1) is 14.8. The van der Waals surface area contributed by atoms with Crippen LogP contribution in [0, 0.1) is 0 Å². The van der Waals surface area contributed by atoms with E-state index < -0.39 is 15.3 Å². The Hall–Kier alpha value is -2.92. The van der Waals surface area contributed by atoms with Crippen LogP contribution in [0.5, 0.6) is 0 Å². The van der Waals surface area contributed by atoms with Gasteiger partial charge in [-0.1, -0.05) is 35.5 Å². The van der Waals surface area contributed by atoms with Gasteiger partial charge in [0.25, 0.3) is 0 Å². The van der Waals surface area contributed by atoms with Crippen LogP contribution >= 0.6 is 0 Å². The van der Waals surface area contributed by atoms with Gasteiger partial charge < -0.3 is 10.3 Å². The molecule has 1 aromatic carbocycles. The number of piperidine rings is 1. The van der Waals surface area contributed by atoms with E-state index in [0.717, 1.165) is 5.56 Å². The van der Waals surface area contributed by atoms with Crippen molar-refractivity contribution in [2.45, 2.75) is 44.3 Å². The molecule has 0 unspecified atom stereocenters. The zero-order valence-corrected chi connectivity index (χ0v) is 18.3. The van der Waals surface area contributed by atoms with Gasteiger partial charge in [-0.2, -0.15) is 15.0 Å². The summed E-state index contributed by atoms with van der Waals surface area (Å²) >= 11 is 0. The summed E-state index contributed by atoms with van der Waals surface area (Å²) in [5, 5.41) is 3.59. The smallest absolute Gasteiger partial charge is 0.240 e. The predicted molar refractivity (Wildman–Crippen MR) is 114 cm³/mol. The molecule has 11 heteroatoms. The molecule has 0 amide bonds. The minimum atomic E-state index is -3.25. The molecule has 3 aromatic rings. The molecule has 10 nitrogen and oxygen atoms in total. The Morgan fingerprint density at radius 1 is 1.06 bits per heavy atom. The van der Waals surface area contributed by atoms with Gasteiger partial charge in [0.2, 0.25) is 33.5 Å². The molecule has 4 rings (SSSR count). The molecule has 1 aliphatic heterocycles. The Balaban J connectivity index is 1.48. The summed E-state index contributed by atoms with van der Waals surface area (Å²) in [7, 11) is -3.25. The van der Waals surface area contributed by atoms with Crippen LogP contribution in [-0.2, 0) is 16.4 Å². The zero-order valence-electron chi connectivity index (χ0n) is 17.5. The maximum Gasteiger partial charge on any atom is 0.240 e. The molecule has 0 atom stereocenters. The van der Waals surface area contributed by atoms with E-state index in [9.17, 15) is 8.42 Å². The summed E-state index contributed by atoms with van der Waals surface area (Å²) in [6.07, 6.45) is 1.74. The number of benzene rings is 1. The van der Waals surface area contributed by atoms with Crippen molar-refractivity contribution in [2.24, 2.45) is 0 Å². The van der Waals surface area contributed by atoms with E-state index in [2.05, 4.69) is 25.1 Å². The molecular formula is C20H25N7O3S. The average Bonchev–Trinajstić information content (AvgIpc) is 3.24. The lowest BCUT2D eigenvalue weighted by molar-refractivity contribution is 0.269. The molecule has 1 fully saturated rings. The number of sulfonamides is 1. The number of rotatable bonds is 6. The fourth-order valence-corrected chi connectivity index (χ4v) is 4.86. The Labute approximate surface area is 181 Å². The molecule has 1 saturated heterocycles. The van der Waals surface area contributed by atoms with Crippen molar-refractivity contribution in [2.75, 3.05) is 18.8 Å². The topological polar surface area (TPSA) is 141 Å². The molecule has 1 aliphatic rings. The summed E-state index contributed by atoms with van der Waals surface area (Å²) in [5.41, 5.74) is 6.92. The third-order valence-corrected chi connectivity index (χ3v) is 7.58. The van der Waals surface area contributed by atoms with Crippen LogP contribution in [0.4, 0.5) is 5.95 Å². The highest BCUT2D eigenvalue weighted by Crippen LogP contribution is 2.30. The van der Waals surface area contributed by atoms with Crippen molar-refractivity contribution >= 4 is 16.0 Å². The minimum Gasteiger partial charge on any atom is -0.368 e. The van der Waals surface area contributed by atoms with Crippen LogP contribution in [0.25, 0.3) is 11.6 Å². The lowest BCUT2D eigenvalue weighted by Crippen LogP contribution is -2.41. The van der Waals surface area contributed by atoms with Gasteiger partial charge in [-0.25, -0.2) is 17.7 Å². The lowest BCUT2D eigenvalue weighted by Gasteiger charge is -2.30. The zero-order chi connectivity index (χ0) is 22.0. The number of aromatic nitrogens is 5. The molecule has 2 aromatic heterocycles. The molecule has 31 heavy (non-hydrogen) atoms. The van der Waals surface area contributed by atoms with Crippen LogP contribution in [0.15, 0.2) is 34.9 Å². The van der Waals surface area contributed by atoms with Crippen molar-refractivity contribution in [3.05, 3.63) is 47.6 Å². The molecule has 0 radical (unpaired) electrons. The summed E-state index contributed by atoms with van der Waals surface area (Å²) < 4.78 is 31.7. The largest absolute Gasteiger partial charge is 0.368 e. The molecule has 0 saturated carbocycles. The highest BCUT2D eigenvalue weighted by Gasteiger charge is 2.33. The van der Waals surface area contributed by atoms with Crippen molar-refractivity contribution in [1.29, 1.82) is 0 Å². The SMILES string of the molecule is CC(C)S(=O)(=O)N1CCC(c2nc(-c3nc(N)nc(Cc4ccccc4)n3)no2)CC1. The van der Waals surface area contributed by atoms with E-state index in [1.165, 1.54) is 4.31 Å². The monoisotopic (exact) mass is 443 g/mol. The average molecular weight is 444 g/mol. The van der Waals surface area contributed by atoms with E-state index in [1.807, 2.05) is 30.3 Å². The second-order valence-electron chi connectivity index (χ2n) is 7.82. The maximum absolute atomic E-state index is 12.4. The van der Waals surface area contributed by atoms with Crippen molar-refractivity contribution in [3.63, 3.8) is 0 Å². The first-order valence-corrected chi connectivity index (χ1v) is 11.7. The Morgan fingerprint density at radius 2 is 1.77 bits per heavy atom. The number of hydrogen-bond donors (Lipinski definition) is 1. The highest BCUT2D eigenvalue weighted by molar-refractivity contribution is 7.89. The third-order valence-electron chi connectivity index (χ3n) is 5.30. The molecule has 0 bridgehead atoms. The third kappa shape index (κ3) is 4.72. The quantitative estimate of drug-likeness (QED) is 0.605. The fraction of sp³-hybridized carbons (Fsp3) is 0.450. The van der Waals surface area contributed by atoms with Crippen LogP contribution in [0.2, 0.25) is 0 Å². The highest BCUT2D eigenvalue weighted by atomic mass is 32.2. The fourth-order valence-electron chi connectivity index (χ4n) is 3.54. The van der Waals surface area contributed by atoms with E-state index in [1.54, 1.807) is 13.8 Å². The standard InChI is InChI=1S/C20H25N7O3S/c1-13(2)31(28,29)27-10-8-15(9-11-27)19-24-18(26-30-19)17-22-16(23-20(21)25-17)12-14-6-4-3-5-7-14/h3-7,13,15H,8-12H2,1-2H3,(H2,21,22,23,25). The summed E-state index contributed by atoms with van der Waals surface area (Å²) in [6, 6.07) is 9.81. The Kier molecular flexibility index (Phi) is 5.96. The van der Waals surface area contributed by atoms with Crippen LogP contribution in [0.1, 0.15) is 49.9 Å². The van der Waals surface area contributed by atoms with Crippen LogP contribution < -0.4 is 5.73 Å². The number of anilines is 1. The first kappa shape index (κ1) is 21.3. The lowest BCUT2D eigenvalue weighted by atomic mass is 9.98. The first-order valence-electron chi connectivity index (χ1n) is 10.2. The predicted octanol–water partition coefficient (Wildman–Crippen LogP) is 2.01. The van der Waals surface area contributed by atoms with Gasteiger partial charge in [-0.3, -0.25) is 0 Å². The molecule has 3 heterocycles. The van der Waals surface area contributed by atoms with E-state index in [-0.39, 0.29) is 23.5 Å². The summed E-state index contributed by atoms with van der Waals surface area (Å²) in [4.78, 5) is 17.3. The van der Waals surface area contributed by atoms with Gasteiger partial charge in [-0.05, 0) is 32.3 Å². The van der Waals surface area contributed by atoms with Crippen LogP contribution in [0.3, 0.4) is 0 Å². The van der Waals surface area contributed by atoms with Gasteiger partial charge in [0.15, 0.2) is 0 Å². The number of hydrogen-bond acceptors (Lipinski definition) is 9. The second-order valence-corrected chi connectivity index (χ2v) is 10.3. The molecular weight excluding hydrogens is 418 g/mol. The van der Waals surface area contributed by atoms with Gasteiger partial charge in [0, 0.05) is 25.4 Å². The molecule has 0 aliphatic carbocycles. The van der Waals surface area contributed by atoms with Crippen LogP contribution in [-0.4, -0.2) is 56.2 Å². The number of nitrogens with zero attached hydrogens (tertiary/aromatic N) is 6. The second kappa shape index (κ2) is 8.67. The van der Waals surface area contributed by atoms with Gasteiger partial charge >= 0.3 is 0 Å². The van der Waals surface area contributed by atoms with E-state index in [0.29, 0.717) is 44.1 Å².